The maximum Gasteiger partial charge on any atom is 0.135 e. The van der Waals surface area contributed by atoms with E-state index in [1.807, 2.05) is 53.4 Å². The molecule has 0 bridgehead atoms. The third-order valence-electron chi connectivity index (χ3n) is 3.98. The van der Waals surface area contributed by atoms with Gasteiger partial charge in [0.25, 0.3) is 0 Å². The zero-order valence-corrected chi connectivity index (χ0v) is 14.2. The number of aromatic nitrogens is 1. The van der Waals surface area contributed by atoms with Crippen LogP contribution < -0.4 is 0 Å². The van der Waals surface area contributed by atoms with Gasteiger partial charge in [-0.15, -0.1) is 11.3 Å². The summed E-state index contributed by atoms with van der Waals surface area (Å²) in [5.41, 5.74) is 2.47. The molecular weight excluding hydrogens is 342 g/mol. The van der Waals surface area contributed by atoms with Crippen LogP contribution in [-0.4, -0.2) is 27.4 Å². The Morgan fingerprint density at radius 2 is 1.92 bits per heavy atom. The summed E-state index contributed by atoms with van der Waals surface area (Å²) in [5, 5.41) is 20.2. The lowest BCUT2D eigenvalue weighted by Gasteiger charge is -2.18. The van der Waals surface area contributed by atoms with E-state index < -0.39 is 0 Å². The standard InChI is InChI=1S/C18H14ClN3OS/c19-12-7-5-11(6-8-12)9-22-10-14(23)16(17(22)20)18-21-13-3-1-2-4-15(13)24-18/h1-8,20,23H,9-10H2. The third kappa shape index (κ3) is 2.66. The van der Waals surface area contributed by atoms with E-state index in [9.17, 15) is 5.11 Å². The van der Waals surface area contributed by atoms with Crippen molar-refractivity contribution in [3.63, 3.8) is 0 Å². The number of aliphatic hydroxyl groups excluding tert-OH is 1. The number of amidine groups is 1. The first-order chi connectivity index (χ1) is 11.6. The molecule has 0 fully saturated rings. The minimum absolute atomic E-state index is 0.202. The first kappa shape index (κ1) is 15.2. The molecule has 0 saturated heterocycles. The largest absolute Gasteiger partial charge is 0.510 e. The highest BCUT2D eigenvalue weighted by Gasteiger charge is 2.30. The highest BCUT2D eigenvalue weighted by Crippen LogP contribution is 2.33. The number of nitrogens with one attached hydrogen (secondary N) is 1. The van der Waals surface area contributed by atoms with E-state index in [-0.39, 0.29) is 5.76 Å². The van der Waals surface area contributed by atoms with Gasteiger partial charge in [-0.3, -0.25) is 5.41 Å². The van der Waals surface area contributed by atoms with E-state index in [4.69, 9.17) is 17.0 Å². The van der Waals surface area contributed by atoms with Gasteiger partial charge >= 0.3 is 0 Å². The minimum atomic E-state index is 0.202. The summed E-state index contributed by atoms with van der Waals surface area (Å²) in [7, 11) is 0. The van der Waals surface area contributed by atoms with Crippen LogP contribution in [0.3, 0.4) is 0 Å². The van der Waals surface area contributed by atoms with Crippen molar-refractivity contribution in [3.05, 3.63) is 69.9 Å². The number of aliphatic hydroxyl groups is 1. The average molecular weight is 356 g/mol. The summed E-state index contributed by atoms with van der Waals surface area (Å²) in [6, 6.07) is 15.4. The number of nitrogens with zero attached hydrogens (tertiary/aromatic N) is 2. The van der Waals surface area contributed by atoms with Crippen LogP contribution in [0.4, 0.5) is 0 Å². The van der Waals surface area contributed by atoms with Crippen molar-refractivity contribution in [3.8, 4) is 0 Å². The van der Waals surface area contributed by atoms with Crippen molar-refractivity contribution in [2.45, 2.75) is 6.54 Å². The minimum Gasteiger partial charge on any atom is -0.510 e. The Hall–Kier alpha value is -2.37. The maximum absolute atomic E-state index is 10.4. The molecule has 0 saturated carbocycles. The Labute approximate surface area is 148 Å². The molecule has 2 N–H and O–H groups in total. The number of thiazole rings is 1. The molecule has 4 nitrogen and oxygen atoms in total. The van der Waals surface area contributed by atoms with Crippen LogP contribution in [0.25, 0.3) is 15.8 Å². The fourth-order valence-corrected chi connectivity index (χ4v) is 3.94. The first-order valence-electron chi connectivity index (χ1n) is 7.48. The van der Waals surface area contributed by atoms with E-state index in [1.54, 1.807) is 0 Å². The lowest BCUT2D eigenvalue weighted by molar-refractivity contribution is 0.347. The Morgan fingerprint density at radius 1 is 1.17 bits per heavy atom. The zero-order chi connectivity index (χ0) is 16.7. The lowest BCUT2D eigenvalue weighted by atomic mass is 10.2. The molecule has 6 heteroatoms. The van der Waals surface area contributed by atoms with Crippen LogP contribution in [0, 0.1) is 5.41 Å². The van der Waals surface area contributed by atoms with Gasteiger partial charge in [-0.25, -0.2) is 4.98 Å². The number of hydrogen-bond donors (Lipinski definition) is 2. The summed E-state index contributed by atoms with van der Waals surface area (Å²) >= 11 is 7.41. The van der Waals surface area contributed by atoms with E-state index in [0.717, 1.165) is 15.8 Å². The number of halogens is 1. The zero-order valence-electron chi connectivity index (χ0n) is 12.7. The number of rotatable bonds is 3. The summed E-state index contributed by atoms with van der Waals surface area (Å²) in [4.78, 5) is 6.40. The van der Waals surface area contributed by atoms with Gasteiger partial charge in [-0.05, 0) is 29.8 Å². The molecular formula is C18H14ClN3OS. The topological polar surface area (TPSA) is 60.2 Å². The van der Waals surface area contributed by atoms with Crippen LogP contribution in [0.15, 0.2) is 54.3 Å². The van der Waals surface area contributed by atoms with Crippen molar-refractivity contribution in [2.24, 2.45) is 0 Å². The molecule has 0 unspecified atom stereocenters. The molecule has 120 valence electrons. The van der Waals surface area contributed by atoms with Crippen molar-refractivity contribution in [1.82, 2.24) is 9.88 Å². The maximum atomic E-state index is 10.4. The predicted octanol–water partition coefficient (Wildman–Crippen LogP) is 4.71. The number of benzene rings is 2. The predicted molar refractivity (Wildman–Crippen MR) is 98.8 cm³/mol. The van der Waals surface area contributed by atoms with E-state index in [2.05, 4.69) is 4.98 Å². The molecule has 0 atom stereocenters. The molecule has 2 heterocycles. The van der Waals surface area contributed by atoms with Crippen LogP contribution in [0.2, 0.25) is 5.02 Å². The molecule has 0 radical (unpaired) electrons. The molecule has 3 aromatic rings. The molecule has 24 heavy (non-hydrogen) atoms. The molecule has 1 aromatic heterocycles. The molecule has 0 spiro atoms. The smallest absolute Gasteiger partial charge is 0.135 e. The quantitative estimate of drug-likeness (QED) is 0.715. The van der Waals surface area contributed by atoms with Crippen molar-refractivity contribution < 1.29 is 5.11 Å². The van der Waals surface area contributed by atoms with Crippen LogP contribution in [-0.2, 0) is 6.54 Å². The Balaban J connectivity index is 1.61. The highest BCUT2D eigenvalue weighted by atomic mass is 35.5. The third-order valence-corrected chi connectivity index (χ3v) is 5.28. The van der Waals surface area contributed by atoms with Gasteiger partial charge in [0.2, 0.25) is 0 Å². The normalized spacial score (nSPS) is 14.9. The molecule has 0 aliphatic carbocycles. The van der Waals surface area contributed by atoms with Crippen LogP contribution in [0.1, 0.15) is 10.6 Å². The average Bonchev–Trinajstić information content (AvgIpc) is 3.10. The van der Waals surface area contributed by atoms with Crippen molar-refractivity contribution in [2.75, 3.05) is 6.54 Å². The summed E-state index contributed by atoms with van der Waals surface area (Å²) in [5.74, 6) is 0.509. The molecule has 4 rings (SSSR count). The van der Waals surface area contributed by atoms with Gasteiger partial charge in [0.05, 0.1) is 22.3 Å². The molecule has 1 aliphatic rings. The van der Waals surface area contributed by atoms with E-state index in [0.29, 0.717) is 34.5 Å². The second-order valence-corrected chi connectivity index (χ2v) is 7.11. The Kier molecular flexibility index (Phi) is 3.75. The number of hydrogen-bond acceptors (Lipinski definition) is 4. The van der Waals surface area contributed by atoms with E-state index in [1.165, 1.54) is 11.3 Å². The van der Waals surface area contributed by atoms with E-state index >= 15 is 0 Å². The monoisotopic (exact) mass is 355 g/mol. The SMILES string of the molecule is N=C1C(c2nc3ccccc3s2)=C(O)CN1Cc1ccc(Cl)cc1. The summed E-state index contributed by atoms with van der Waals surface area (Å²) in [6.45, 7) is 0.876. The second kappa shape index (κ2) is 5.92. The van der Waals surface area contributed by atoms with Gasteiger partial charge in [0.15, 0.2) is 0 Å². The fraction of sp³-hybridized carbons (Fsp3) is 0.111. The summed E-state index contributed by atoms with van der Waals surface area (Å²) in [6.07, 6.45) is 0. The van der Waals surface area contributed by atoms with Gasteiger partial charge in [-0.2, -0.15) is 0 Å². The number of fused-ring (bicyclic) bond motifs is 1. The second-order valence-electron chi connectivity index (χ2n) is 5.64. The van der Waals surface area contributed by atoms with Gasteiger partial charge in [0, 0.05) is 11.6 Å². The highest BCUT2D eigenvalue weighted by molar-refractivity contribution is 7.19. The lowest BCUT2D eigenvalue weighted by Crippen LogP contribution is -2.25. The van der Waals surface area contributed by atoms with Gasteiger partial charge in [0.1, 0.15) is 16.6 Å². The number of para-hydroxylation sites is 1. The van der Waals surface area contributed by atoms with Gasteiger partial charge < -0.3 is 10.0 Å². The van der Waals surface area contributed by atoms with Crippen LogP contribution in [0.5, 0.6) is 0 Å². The Morgan fingerprint density at radius 3 is 2.67 bits per heavy atom. The molecule has 2 aromatic carbocycles. The van der Waals surface area contributed by atoms with Crippen molar-refractivity contribution in [1.29, 1.82) is 5.41 Å². The Bertz CT molecular complexity index is 929. The fourth-order valence-electron chi connectivity index (χ4n) is 2.78. The van der Waals surface area contributed by atoms with Crippen molar-refractivity contribution >= 4 is 44.6 Å². The molecule has 1 aliphatic heterocycles. The van der Waals surface area contributed by atoms with Crippen LogP contribution >= 0.6 is 22.9 Å². The molecule has 0 amide bonds. The first-order valence-corrected chi connectivity index (χ1v) is 8.67. The summed E-state index contributed by atoms with van der Waals surface area (Å²) < 4.78 is 1.05. The van der Waals surface area contributed by atoms with Gasteiger partial charge in [-0.1, -0.05) is 35.9 Å².